The molecule has 0 saturated heterocycles. The number of aliphatic imine (C=N–C) groups is 1. The molecule has 16 heteroatoms. The van der Waals surface area contributed by atoms with Crippen molar-refractivity contribution in [1.82, 2.24) is 10.0 Å². The number of alkyl halides is 6. The molecule has 1 aliphatic rings. The van der Waals surface area contributed by atoms with Crippen LogP contribution in [0.5, 0.6) is 0 Å². The molecule has 158 valence electrons. The highest BCUT2D eigenvalue weighted by molar-refractivity contribution is 7.90. The number of guanidine groups is 1. The highest BCUT2D eigenvalue weighted by Crippen LogP contribution is 2.29. The van der Waals surface area contributed by atoms with E-state index in [9.17, 15) is 49.1 Å². The summed E-state index contributed by atoms with van der Waals surface area (Å²) in [5, 5.41) is 2.05. The summed E-state index contributed by atoms with van der Waals surface area (Å²) in [6, 6.07) is 1.90. The Kier molecular flexibility index (Phi) is 5.60. The Bertz CT molecular complexity index is 958. The van der Waals surface area contributed by atoms with Gasteiger partial charge in [-0.1, -0.05) is 0 Å². The van der Waals surface area contributed by atoms with Crippen LogP contribution in [-0.4, -0.2) is 51.0 Å². The molecule has 0 aromatic heterocycles. The van der Waals surface area contributed by atoms with E-state index in [1.165, 1.54) is 0 Å². The molecule has 2 rings (SSSR count). The molecule has 9 nitrogen and oxygen atoms in total. The molecule has 0 atom stereocenters. The fraction of sp³-hybridized carbons (Fsp3) is 0.231. The maximum atomic E-state index is 12.6. The van der Waals surface area contributed by atoms with Crippen LogP contribution in [0.4, 0.5) is 32.0 Å². The van der Waals surface area contributed by atoms with Gasteiger partial charge in [-0.25, -0.2) is 23.0 Å². The Morgan fingerprint density at radius 3 is 1.86 bits per heavy atom. The molecule has 0 radical (unpaired) electrons. The predicted molar refractivity (Wildman–Crippen MR) is 81.8 cm³/mol. The van der Waals surface area contributed by atoms with E-state index in [0.717, 1.165) is 0 Å². The van der Waals surface area contributed by atoms with Gasteiger partial charge in [-0.15, -0.1) is 0 Å². The van der Waals surface area contributed by atoms with Crippen molar-refractivity contribution >= 4 is 39.4 Å². The number of halogens is 6. The predicted octanol–water partition coefficient (Wildman–Crippen LogP) is 0.435. The Hall–Kier alpha value is -3.17. The smallest absolute Gasteiger partial charge is 0.294 e. The van der Waals surface area contributed by atoms with Crippen LogP contribution >= 0.6 is 0 Å². The lowest BCUT2D eigenvalue weighted by Crippen LogP contribution is -2.50. The molecular formula is C13H8F6N4O5S. The van der Waals surface area contributed by atoms with E-state index in [1.54, 1.807) is 0 Å². The Balaban J connectivity index is 2.37. The number of sulfonamides is 1. The minimum absolute atomic E-state index is 0.356. The van der Waals surface area contributed by atoms with E-state index in [2.05, 4.69) is 4.99 Å². The SMILES string of the molecule is O=C1CN=C(NS(=O)(=O)c2ccc(N(C(=O)C(F)(F)F)C(=O)C(F)(F)F)cc2)N1. The molecule has 0 fully saturated rings. The number of benzene rings is 1. The van der Waals surface area contributed by atoms with Crippen LogP contribution in [-0.2, 0) is 24.4 Å². The number of nitrogens with one attached hydrogen (secondary N) is 2. The lowest BCUT2D eigenvalue weighted by Gasteiger charge is -2.23. The molecule has 1 aliphatic heterocycles. The first-order valence-corrected chi connectivity index (χ1v) is 8.61. The molecule has 3 amide bonds. The van der Waals surface area contributed by atoms with Gasteiger partial charge in [-0.05, 0) is 24.3 Å². The van der Waals surface area contributed by atoms with Crippen LogP contribution in [0.2, 0.25) is 0 Å². The number of hydrogen-bond acceptors (Lipinski definition) is 6. The summed E-state index contributed by atoms with van der Waals surface area (Å²) in [4.78, 5) is 35.2. The Morgan fingerprint density at radius 1 is 1.00 bits per heavy atom. The van der Waals surface area contributed by atoms with Crippen molar-refractivity contribution in [3.05, 3.63) is 24.3 Å². The van der Waals surface area contributed by atoms with Crippen LogP contribution in [0.1, 0.15) is 0 Å². The van der Waals surface area contributed by atoms with E-state index >= 15 is 0 Å². The van der Waals surface area contributed by atoms with Gasteiger partial charge in [0.1, 0.15) is 6.54 Å². The molecule has 0 aliphatic carbocycles. The van der Waals surface area contributed by atoms with Crippen molar-refractivity contribution < 1.29 is 49.1 Å². The Morgan fingerprint density at radius 2 is 1.48 bits per heavy atom. The molecule has 0 saturated carbocycles. The number of carbonyl (C=O) groups excluding carboxylic acids is 3. The van der Waals surface area contributed by atoms with Gasteiger partial charge in [0.05, 0.1) is 10.6 Å². The summed E-state index contributed by atoms with van der Waals surface area (Å²) < 4.78 is 102. The quantitative estimate of drug-likeness (QED) is 0.652. The second-order valence-corrected chi connectivity index (χ2v) is 6.94. The van der Waals surface area contributed by atoms with Crippen LogP contribution in [0.25, 0.3) is 0 Å². The molecule has 0 unspecified atom stereocenters. The lowest BCUT2D eigenvalue weighted by molar-refractivity contribution is -0.181. The number of imide groups is 1. The molecule has 2 N–H and O–H groups in total. The molecule has 1 aromatic rings. The largest absolute Gasteiger partial charge is 0.472 e. The summed E-state index contributed by atoms with van der Waals surface area (Å²) in [5.41, 5.74) is -1.17. The topological polar surface area (TPSA) is 125 Å². The minimum atomic E-state index is -5.81. The molecule has 29 heavy (non-hydrogen) atoms. The highest BCUT2D eigenvalue weighted by atomic mass is 32.2. The zero-order chi connectivity index (χ0) is 22.2. The van der Waals surface area contributed by atoms with Crippen molar-refractivity contribution in [2.75, 3.05) is 11.4 Å². The van der Waals surface area contributed by atoms with E-state index in [4.69, 9.17) is 0 Å². The molecule has 1 heterocycles. The summed E-state index contributed by atoms with van der Waals surface area (Å²) >= 11 is 0. The van der Waals surface area contributed by atoms with Crippen LogP contribution in [0, 0.1) is 0 Å². The molecule has 0 spiro atoms. The number of hydrogen-bond donors (Lipinski definition) is 2. The summed E-state index contributed by atoms with van der Waals surface area (Å²) in [6.07, 6.45) is -11.6. The second kappa shape index (κ2) is 7.34. The first kappa shape index (κ1) is 22.1. The van der Waals surface area contributed by atoms with Gasteiger partial charge >= 0.3 is 24.2 Å². The van der Waals surface area contributed by atoms with Gasteiger partial charge in [0.2, 0.25) is 11.9 Å². The number of carbonyl (C=O) groups is 3. The van der Waals surface area contributed by atoms with Crippen LogP contribution in [0.3, 0.4) is 0 Å². The summed E-state index contributed by atoms with van der Waals surface area (Å²) in [6.45, 7) is -0.356. The van der Waals surface area contributed by atoms with Crippen LogP contribution < -0.4 is 14.9 Å². The van der Waals surface area contributed by atoms with Crippen molar-refractivity contribution in [2.45, 2.75) is 17.2 Å². The Labute approximate surface area is 157 Å². The van der Waals surface area contributed by atoms with E-state index in [1.807, 2.05) is 10.0 Å². The zero-order valence-electron chi connectivity index (χ0n) is 13.6. The minimum Gasteiger partial charge on any atom is -0.294 e. The number of nitrogens with zero attached hydrogens (tertiary/aromatic N) is 2. The number of anilines is 1. The van der Waals surface area contributed by atoms with E-state index in [0.29, 0.717) is 24.3 Å². The van der Waals surface area contributed by atoms with Gasteiger partial charge in [-0.3, -0.25) is 19.7 Å². The first-order valence-electron chi connectivity index (χ1n) is 7.12. The fourth-order valence-corrected chi connectivity index (χ4v) is 2.94. The molecule has 1 aromatic carbocycles. The fourth-order valence-electron chi connectivity index (χ4n) is 1.96. The number of amides is 3. The van der Waals surface area contributed by atoms with Crippen LogP contribution in [0.15, 0.2) is 34.2 Å². The van der Waals surface area contributed by atoms with Crippen molar-refractivity contribution in [3.63, 3.8) is 0 Å². The average Bonchev–Trinajstić information content (AvgIpc) is 2.98. The normalized spacial score (nSPS) is 14.8. The maximum absolute atomic E-state index is 12.6. The lowest BCUT2D eigenvalue weighted by atomic mass is 10.2. The van der Waals surface area contributed by atoms with Gasteiger partial charge in [0, 0.05) is 0 Å². The van der Waals surface area contributed by atoms with Crippen molar-refractivity contribution in [3.8, 4) is 0 Å². The number of rotatable bonds is 3. The van der Waals surface area contributed by atoms with Gasteiger partial charge in [0.25, 0.3) is 10.0 Å². The standard InChI is InChI=1S/C13H8F6N4O5S/c14-12(15,16)9(25)23(10(26)13(17,18)19)6-1-3-7(4-2-6)29(27,28)22-11-20-5-8(24)21-11/h1-4H,5H2,(H2,20,21,22,24). The third-order valence-electron chi connectivity index (χ3n) is 3.17. The van der Waals surface area contributed by atoms with Crippen molar-refractivity contribution in [2.24, 2.45) is 4.99 Å². The van der Waals surface area contributed by atoms with Gasteiger partial charge in [0.15, 0.2) is 0 Å². The molecule has 0 bridgehead atoms. The third kappa shape index (κ3) is 5.01. The summed E-state index contributed by atoms with van der Waals surface area (Å²) in [7, 11) is -4.44. The van der Waals surface area contributed by atoms with E-state index < -0.39 is 61.5 Å². The highest BCUT2D eigenvalue weighted by Gasteiger charge is 2.52. The molecular weight excluding hydrogens is 438 g/mol. The zero-order valence-corrected chi connectivity index (χ0v) is 14.4. The summed E-state index contributed by atoms with van der Waals surface area (Å²) in [5.74, 6) is -7.29. The maximum Gasteiger partial charge on any atom is 0.472 e. The van der Waals surface area contributed by atoms with Crippen molar-refractivity contribution in [1.29, 1.82) is 0 Å². The second-order valence-electron chi connectivity index (χ2n) is 5.25. The van der Waals surface area contributed by atoms with Gasteiger partial charge in [-0.2, -0.15) is 26.3 Å². The third-order valence-corrected chi connectivity index (χ3v) is 4.52. The average molecular weight is 446 g/mol. The van der Waals surface area contributed by atoms with Gasteiger partial charge < -0.3 is 0 Å². The van der Waals surface area contributed by atoms with E-state index in [-0.39, 0.29) is 6.54 Å². The first-order chi connectivity index (χ1) is 13.1. The monoisotopic (exact) mass is 446 g/mol.